The van der Waals surface area contributed by atoms with E-state index in [0.29, 0.717) is 22.3 Å². The molecule has 1 aromatic heterocycles. The van der Waals surface area contributed by atoms with Gasteiger partial charge in [-0.2, -0.15) is 0 Å². The number of carbonyl (C=O) groups is 2. The maximum absolute atomic E-state index is 13.0. The molecule has 0 radical (unpaired) electrons. The van der Waals surface area contributed by atoms with Crippen LogP contribution in [-0.2, 0) is 0 Å². The molecule has 1 aliphatic rings. The van der Waals surface area contributed by atoms with Crippen LogP contribution in [0.15, 0.2) is 83.6 Å². The molecule has 1 N–H and O–H groups in total. The minimum absolute atomic E-state index is 0.0225. The SMILES string of the molecule is Cc1ccccc1C(=O)N=C(C1=C(O)c2ccccc2C1=O)c1ccncc1. The summed E-state index contributed by atoms with van der Waals surface area (Å²) in [6.07, 6.45) is 3.10. The predicted octanol–water partition coefficient (Wildman–Crippen LogP) is 4.19. The summed E-state index contributed by atoms with van der Waals surface area (Å²) >= 11 is 0. The molecule has 0 bridgehead atoms. The first-order chi connectivity index (χ1) is 13.6. The molecule has 0 saturated carbocycles. The van der Waals surface area contributed by atoms with Crippen LogP contribution in [0.1, 0.15) is 37.4 Å². The Labute approximate surface area is 161 Å². The smallest absolute Gasteiger partial charge is 0.277 e. The number of hydrogen-bond donors (Lipinski definition) is 1. The molecule has 1 amide bonds. The Morgan fingerprint density at radius 1 is 0.929 bits per heavy atom. The molecular formula is C23H16N2O3. The third-order valence-corrected chi connectivity index (χ3v) is 4.67. The standard InChI is InChI=1S/C23H16N2O3/c1-14-6-2-3-7-16(14)23(28)25-20(15-10-12-24-13-11-15)19-21(26)17-8-4-5-9-18(17)22(19)27/h2-13,26H,1H3. The van der Waals surface area contributed by atoms with E-state index in [2.05, 4.69) is 9.98 Å². The molecule has 1 aliphatic carbocycles. The zero-order chi connectivity index (χ0) is 19.7. The number of Topliss-reactive ketones (excluding diaryl/α,β-unsaturated/α-hetero) is 1. The van der Waals surface area contributed by atoms with Crippen LogP contribution in [0.3, 0.4) is 0 Å². The van der Waals surface area contributed by atoms with E-state index in [1.165, 1.54) is 0 Å². The largest absolute Gasteiger partial charge is 0.506 e. The summed E-state index contributed by atoms with van der Waals surface area (Å²) in [5, 5.41) is 10.7. The number of aryl methyl sites for hydroxylation is 1. The Morgan fingerprint density at radius 2 is 1.57 bits per heavy atom. The summed E-state index contributed by atoms with van der Waals surface area (Å²) in [6.45, 7) is 1.82. The molecule has 5 nitrogen and oxygen atoms in total. The van der Waals surface area contributed by atoms with Crippen molar-refractivity contribution >= 4 is 23.2 Å². The van der Waals surface area contributed by atoms with E-state index in [0.717, 1.165) is 5.56 Å². The number of pyridine rings is 1. The maximum atomic E-state index is 13.0. The van der Waals surface area contributed by atoms with Crippen molar-refractivity contribution in [2.24, 2.45) is 4.99 Å². The number of benzene rings is 2. The van der Waals surface area contributed by atoms with Crippen molar-refractivity contribution in [1.29, 1.82) is 0 Å². The number of aliphatic hydroxyl groups excluding tert-OH is 1. The Bertz CT molecular complexity index is 1160. The molecule has 0 fully saturated rings. The second-order valence-electron chi connectivity index (χ2n) is 6.41. The zero-order valence-corrected chi connectivity index (χ0v) is 15.1. The Kier molecular flexibility index (Phi) is 4.41. The number of nitrogens with zero attached hydrogens (tertiary/aromatic N) is 2. The van der Waals surface area contributed by atoms with Gasteiger partial charge < -0.3 is 5.11 Å². The lowest BCUT2D eigenvalue weighted by Gasteiger charge is -2.08. The quantitative estimate of drug-likeness (QED) is 0.703. The van der Waals surface area contributed by atoms with Crippen molar-refractivity contribution < 1.29 is 14.7 Å². The highest BCUT2D eigenvalue weighted by Crippen LogP contribution is 2.33. The number of fused-ring (bicyclic) bond motifs is 1. The highest BCUT2D eigenvalue weighted by molar-refractivity contribution is 6.40. The molecule has 0 unspecified atom stereocenters. The van der Waals surface area contributed by atoms with Crippen molar-refractivity contribution in [3.8, 4) is 0 Å². The van der Waals surface area contributed by atoms with E-state index >= 15 is 0 Å². The van der Waals surface area contributed by atoms with Crippen LogP contribution in [0.2, 0.25) is 0 Å². The average molecular weight is 368 g/mol. The maximum Gasteiger partial charge on any atom is 0.277 e. The molecule has 4 rings (SSSR count). The van der Waals surface area contributed by atoms with Gasteiger partial charge in [-0.25, -0.2) is 4.99 Å². The van der Waals surface area contributed by atoms with E-state index in [-0.39, 0.29) is 22.8 Å². The second kappa shape index (κ2) is 7.04. The van der Waals surface area contributed by atoms with E-state index in [1.54, 1.807) is 60.9 Å². The number of hydrogen-bond acceptors (Lipinski definition) is 4. The number of ketones is 1. The Morgan fingerprint density at radius 3 is 2.25 bits per heavy atom. The third-order valence-electron chi connectivity index (χ3n) is 4.67. The number of allylic oxidation sites excluding steroid dienone is 1. The van der Waals surface area contributed by atoms with E-state index < -0.39 is 5.91 Å². The van der Waals surface area contributed by atoms with Gasteiger partial charge in [0, 0.05) is 34.6 Å². The first-order valence-electron chi connectivity index (χ1n) is 8.74. The van der Waals surface area contributed by atoms with Gasteiger partial charge in [0.1, 0.15) is 5.76 Å². The fourth-order valence-corrected chi connectivity index (χ4v) is 3.23. The van der Waals surface area contributed by atoms with Crippen LogP contribution >= 0.6 is 0 Å². The van der Waals surface area contributed by atoms with E-state index in [4.69, 9.17) is 0 Å². The van der Waals surface area contributed by atoms with Gasteiger partial charge in [0.05, 0.1) is 11.3 Å². The van der Waals surface area contributed by atoms with Crippen molar-refractivity contribution in [3.63, 3.8) is 0 Å². The van der Waals surface area contributed by atoms with Crippen LogP contribution in [-0.4, -0.2) is 27.5 Å². The lowest BCUT2D eigenvalue weighted by Crippen LogP contribution is -2.15. The number of aromatic nitrogens is 1. The van der Waals surface area contributed by atoms with Gasteiger partial charge in [-0.3, -0.25) is 14.6 Å². The highest BCUT2D eigenvalue weighted by Gasteiger charge is 2.33. The summed E-state index contributed by atoms with van der Waals surface area (Å²) in [5.41, 5.74) is 2.73. The van der Waals surface area contributed by atoms with Crippen LogP contribution in [0.25, 0.3) is 5.76 Å². The van der Waals surface area contributed by atoms with Crippen molar-refractivity contribution in [2.45, 2.75) is 6.92 Å². The van der Waals surface area contributed by atoms with Crippen molar-refractivity contribution in [3.05, 3.63) is 106 Å². The van der Waals surface area contributed by atoms with E-state index in [1.807, 2.05) is 19.1 Å². The molecule has 5 heteroatoms. The second-order valence-corrected chi connectivity index (χ2v) is 6.41. The van der Waals surface area contributed by atoms with Crippen LogP contribution in [0.5, 0.6) is 0 Å². The third kappa shape index (κ3) is 2.93. The number of aliphatic hydroxyl groups is 1. The average Bonchev–Trinajstić information content (AvgIpc) is 2.98. The number of rotatable bonds is 3. The van der Waals surface area contributed by atoms with Crippen LogP contribution in [0, 0.1) is 6.92 Å². The van der Waals surface area contributed by atoms with Gasteiger partial charge in [0.2, 0.25) is 0 Å². The molecule has 136 valence electrons. The summed E-state index contributed by atoms with van der Waals surface area (Å²) in [7, 11) is 0. The molecular weight excluding hydrogens is 352 g/mol. The highest BCUT2D eigenvalue weighted by atomic mass is 16.3. The lowest BCUT2D eigenvalue weighted by atomic mass is 9.99. The van der Waals surface area contributed by atoms with Gasteiger partial charge in [-0.15, -0.1) is 0 Å². The van der Waals surface area contributed by atoms with Crippen LogP contribution in [0.4, 0.5) is 0 Å². The molecule has 0 atom stereocenters. The summed E-state index contributed by atoms with van der Waals surface area (Å²) in [6, 6.07) is 17.2. The fourth-order valence-electron chi connectivity index (χ4n) is 3.23. The molecule has 28 heavy (non-hydrogen) atoms. The number of aliphatic imine (C=N–C) groups is 1. The first-order valence-corrected chi connectivity index (χ1v) is 8.74. The molecule has 0 spiro atoms. The minimum atomic E-state index is -0.478. The first kappa shape index (κ1) is 17.5. The van der Waals surface area contributed by atoms with Gasteiger partial charge in [0.25, 0.3) is 5.91 Å². The zero-order valence-electron chi connectivity index (χ0n) is 15.1. The molecule has 3 aromatic rings. The topological polar surface area (TPSA) is 79.6 Å². The van der Waals surface area contributed by atoms with Gasteiger partial charge in [-0.1, -0.05) is 42.5 Å². The lowest BCUT2D eigenvalue weighted by molar-refractivity contribution is 0.100. The summed E-state index contributed by atoms with van der Waals surface area (Å²) < 4.78 is 0. The van der Waals surface area contributed by atoms with Crippen molar-refractivity contribution in [2.75, 3.05) is 0 Å². The minimum Gasteiger partial charge on any atom is -0.506 e. The van der Waals surface area contributed by atoms with Gasteiger partial charge >= 0.3 is 0 Å². The van der Waals surface area contributed by atoms with E-state index in [9.17, 15) is 14.7 Å². The predicted molar refractivity (Wildman–Crippen MR) is 107 cm³/mol. The normalized spacial score (nSPS) is 13.6. The van der Waals surface area contributed by atoms with Crippen molar-refractivity contribution in [1.82, 2.24) is 4.98 Å². The number of amides is 1. The number of carbonyl (C=O) groups excluding carboxylic acids is 2. The molecule has 2 aromatic carbocycles. The van der Waals surface area contributed by atoms with Crippen LogP contribution < -0.4 is 0 Å². The molecule has 0 aliphatic heterocycles. The molecule has 0 saturated heterocycles. The van der Waals surface area contributed by atoms with Gasteiger partial charge in [-0.05, 0) is 30.7 Å². The summed E-state index contributed by atoms with van der Waals surface area (Å²) in [4.78, 5) is 34.1. The molecule has 1 heterocycles. The monoisotopic (exact) mass is 368 g/mol. The summed E-state index contributed by atoms with van der Waals surface area (Å²) in [5.74, 6) is -1.01. The Hall–Kier alpha value is -3.86. The van der Waals surface area contributed by atoms with Gasteiger partial charge in [0.15, 0.2) is 5.78 Å². The fraction of sp³-hybridized carbons (Fsp3) is 0.0435. The Balaban J connectivity index is 1.90.